The van der Waals surface area contributed by atoms with Gasteiger partial charge in [-0.1, -0.05) is 23.4 Å². The SMILES string of the molecule is N#Cc1cc(N)c(Sc2ccc(Cl)cc2)n1CC1CCCO1. The van der Waals surface area contributed by atoms with Crippen molar-refractivity contribution in [1.82, 2.24) is 4.57 Å². The van der Waals surface area contributed by atoms with Crippen molar-refractivity contribution in [2.45, 2.75) is 35.4 Å². The number of halogens is 1. The van der Waals surface area contributed by atoms with Gasteiger partial charge in [0.25, 0.3) is 0 Å². The zero-order valence-electron chi connectivity index (χ0n) is 12.0. The highest BCUT2D eigenvalue weighted by molar-refractivity contribution is 7.99. The van der Waals surface area contributed by atoms with Crippen LogP contribution in [0.5, 0.6) is 0 Å². The summed E-state index contributed by atoms with van der Waals surface area (Å²) in [7, 11) is 0. The topological polar surface area (TPSA) is 64.0 Å². The molecule has 0 saturated carbocycles. The lowest BCUT2D eigenvalue weighted by Gasteiger charge is -2.15. The third-order valence-corrected chi connectivity index (χ3v) is 5.04. The molecule has 2 heterocycles. The largest absolute Gasteiger partial charge is 0.397 e. The molecule has 4 nitrogen and oxygen atoms in total. The van der Waals surface area contributed by atoms with E-state index in [4.69, 9.17) is 22.1 Å². The van der Waals surface area contributed by atoms with E-state index in [1.54, 1.807) is 17.8 Å². The number of aromatic nitrogens is 1. The molecule has 1 fully saturated rings. The molecule has 2 N–H and O–H groups in total. The van der Waals surface area contributed by atoms with Crippen molar-refractivity contribution in [2.75, 3.05) is 12.3 Å². The summed E-state index contributed by atoms with van der Waals surface area (Å²) in [5.74, 6) is 0. The molecule has 1 aromatic heterocycles. The maximum Gasteiger partial charge on any atom is 0.123 e. The van der Waals surface area contributed by atoms with E-state index in [2.05, 4.69) is 6.07 Å². The summed E-state index contributed by atoms with van der Waals surface area (Å²) in [5.41, 5.74) is 7.30. The first-order chi connectivity index (χ1) is 10.7. The van der Waals surface area contributed by atoms with Crippen LogP contribution in [0.1, 0.15) is 18.5 Å². The highest BCUT2D eigenvalue weighted by atomic mass is 35.5. The molecule has 0 radical (unpaired) electrons. The van der Waals surface area contributed by atoms with E-state index in [0.29, 0.717) is 22.9 Å². The van der Waals surface area contributed by atoms with Crippen LogP contribution in [0.25, 0.3) is 0 Å². The van der Waals surface area contributed by atoms with Gasteiger partial charge in [0.15, 0.2) is 0 Å². The Morgan fingerprint density at radius 1 is 1.41 bits per heavy atom. The molecule has 6 heteroatoms. The number of nitriles is 1. The van der Waals surface area contributed by atoms with Crippen LogP contribution in [-0.2, 0) is 11.3 Å². The Balaban J connectivity index is 1.90. The first-order valence-electron chi connectivity index (χ1n) is 7.11. The minimum Gasteiger partial charge on any atom is -0.397 e. The predicted molar refractivity (Wildman–Crippen MR) is 88.1 cm³/mol. The molecule has 114 valence electrons. The molecule has 2 aromatic rings. The summed E-state index contributed by atoms with van der Waals surface area (Å²) in [6.45, 7) is 1.46. The molecule has 3 rings (SSSR count). The van der Waals surface area contributed by atoms with Gasteiger partial charge in [-0.2, -0.15) is 5.26 Å². The molecular formula is C16H16ClN3OS. The lowest BCUT2D eigenvalue weighted by atomic mass is 10.2. The Labute approximate surface area is 138 Å². The number of nitrogens with zero attached hydrogens (tertiary/aromatic N) is 2. The van der Waals surface area contributed by atoms with Crippen LogP contribution in [0.15, 0.2) is 40.3 Å². The Morgan fingerprint density at radius 3 is 2.82 bits per heavy atom. The summed E-state index contributed by atoms with van der Waals surface area (Å²) in [4.78, 5) is 1.03. The number of benzene rings is 1. The fourth-order valence-corrected chi connectivity index (χ4v) is 3.63. The van der Waals surface area contributed by atoms with Crippen molar-refractivity contribution in [2.24, 2.45) is 0 Å². The van der Waals surface area contributed by atoms with Gasteiger partial charge >= 0.3 is 0 Å². The van der Waals surface area contributed by atoms with Crippen LogP contribution >= 0.6 is 23.4 Å². The number of nitrogen functional groups attached to an aromatic ring is 1. The van der Waals surface area contributed by atoms with Crippen molar-refractivity contribution in [3.63, 3.8) is 0 Å². The minimum atomic E-state index is 0.156. The summed E-state index contributed by atoms with van der Waals surface area (Å²) in [6.07, 6.45) is 2.25. The van der Waals surface area contributed by atoms with Gasteiger partial charge in [0, 0.05) is 16.5 Å². The molecule has 1 aliphatic heterocycles. The molecule has 0 amide bonds. The fourth-order valence-electron chi connectivity index (χ4n) is 2.55. The van der Waals surface area contributed by atoms with E-state index in [1.807, 2.05) is 28.8 Å². The highest BCUT2D eigenvalue weighted by Gasteiger charge is 2.21. The van der Waals surface area contributed by atoms with Crippen molar-refractivity contribution in [3.05, 3.63) is 41.0 Å². The van der Waals surface area contributed by atoms with Gasteiger partial charge in [0.05, 0.1) is 18.3 Å². The fraction of sp³-hybridized carbons (Fsp3) is 0.312. The van der Waals surface area contributed by atoms with Crippen LogP contribution in [0.4, 0.5) is 5.69 Å². The highest BCUT2D eigenvalue weighted by Crippen LogP contribution is 2.35. The van der Waals surface area contributed by atoms with Crippen molar-refractivity contribution in [1.29, 1.82) is 5.26 Å². The van der Waals surface area contributed by atoms with Crippen molar-refractivity contribution >= 4 is 29.1 Å². The summed E-state index contributed by atoms with van der Waals surface area (Å²) in [6, 6.07) is 11.5. The molecule has 1 unspecified atom stereocenters. The molecule has 1 atom stereocenters. The van der Waals surface area contributed by atoms with E-state index in [9.17, 15) is 5.26 Å². The molecular weight excluding hydrogens is 318 g/mol. The second-order valence-corrected chi connectivity index (χ2v) is 6.70. The molecule has 1 saturated heterocycles. The molecule has 1 aliphatic rings. The van der Waals surface area contributed by atoms with Crippen molar-refractivity contribution in [3.8, 4) is 6.07 Å². The van der Waals surface area contributed by atoms with Crippen LogP contribution < -0.4 is 5.73 Å². The molecule has 0 bridgehead atoms. The van der Waals surface area contributed by atoms with E-state index in [1.165, 1.54) is 0 Å². The van der Waals surface area contributed by atoms with Gasteiger partial charge in [-0.05, 0) is 43.2 Å². The minimum absolute atomic E-state index is 0.156. The third-order valence-electron chi connectivity index (χ3n) is 3.63. The first kappa shape index (κ1) is 15.3. The standard InChI is InChI=1S/C16H16ClN3OS/c17-11-3-5-14(6-4-11)22-16-15(19)8-12(9-18)20(16)10-13-2-1-7-21-13/h3-6,8,13H,1-2,7,10,19H2. The smallest absolute Gasteiger partial charge is 0.123 e. The van der Waals surface area contributed by atoms with E-state index >= 15 is 0 Å². The average Bonchev–Trinajstić information content (AvgIpc) is 3.12. The lowest BCUT2D eigenvalue weighted by molar-refractivity contribution is 0.0951. The van der Waals surface area contributed by atoms with Gasteiger partial charge in [-0.15, -0.1) is 0 Å². The maximum atomic E-state index is 9.34. The van der Waals surface area contributed by atoms with Gasteiger partial charge in [-0.25, -0.2) is 0 Å². The molecule has 22 heavy (non-hydrogen) atoms. The van der Waals surface area contributed by atoms with E-state index in [0.717, 1.165) is 29.4 Å². The lowest BCUT2D eigenvalue weighted by Crippen LogP contribution is -2.16. The van der Waals surface area contributed by atoms with E-state index in [-0.39, 0.29) is 6.10 Å². The number of hydrogen-bond donors (Lipinski definition) is 1. The Bertz CT molecular complexity index is 699. The van der Waals surface area contributed by atoms with Crippen LogP contribution in [0, 0.1) is 11.3 Å². The number of hydrogen-bond acceptors (Lipinski definition) is 4. The van der Waals surface area contributed by atoms with Crippen LogP contribution in [0.3, 0.4) is 0 Å². The second-order valence-electron chi connectivity index (χ2n) is 5.20. The monoisotopic (exact) mass is 333 g/mol. The zero-order valence-corrected chi connectivity index (χ0v) is 13.5. The Hall–Kier alpha value is -1.61. The molecule has 1 aromatic carbocycles. The predicted octanol–water partition coefficient (Wildman–Crippen LogP) is 3.93. The maximum absolute atomic E-state index is 9.34. The van der Waals surface area contributed by atoms with Gasteiger partial charge in [0.2, 0.25) is 0 Å². The quantitative estimate of drug-likeness (QED) is 0.920. The van der Waals surface area contributed by atoms with Crippen molar-refractivity contribution < 1.29 is 4.74 Å². The number of anilines is 1. The van der Waals surface area contributed by atoms with E-state index < -0.39 is 0 Å². The summed E-state index contributed by atoms with van der Waals surface area (Å²) in [5, 5.41) is 10.9. The van der Waals surface area contributed by atoms with Crippen LogP contribution in [0.2, 0.25) is 5.02 Å². The van der Waals surface area contributed by atoms with Crippen LogP contribution in [-0.4, -0.2) is 17.3 Å². The Morgan fingerprint density at radius 2 is 2.18 bits per heavy atom. The molecule has 0 aliphatic carbocycles. The average molecular weight is 334 g/mol. The van der Waals surface area contributed by atoms with Gasteiger partial charge < -0.3 is 15.0 Å². The van der Waals surface area contributed by atoms with Gasteiger partial charge in [0.1, 0.15) is 16.8 Å². The number of ether oxygens (including phenoxy) is 1. The summed E-state index contributed by atoms with van der Waals surface area (Å²) >= 11 is 7.46. The zero-order chi connectivity index (χ0) is 15.5. The molecule has 0 spiro atoms. The first-order valence-corrected chi connectivity index (χ1v) is 8.31. The third kappa shape index (κ3) is 3.25. The Kier molecular flexibility index (Phi) is 4.63. The summed E-state index contributed by atoms with van der Waals surface area (Å²) < 4.78 is 7.65. The van der Waals surface area contributed by atoms with Gasteiger partial charge in [-0.3, -0.25) is 0 Å². The normalized spacial score (nSPS) is 17.5. The number of rotatable bonds is 4. The second kappa shape index (κ2) is 6.66. The number of nitrogens with two attached hydrogens (primary N) is 1.